The van der Waals surface area contributed by atoms with Crippen LogP contribution in [0.1, 0.15) is 16.8 Å². The van der Waals surface area contributed by atoms with Crippen molar-refractivity contribution >= 4 is 17.4 Å². The fourth-order valence-corrected chi connectivity index (χ4v) is 2.81. The van der Waals surface area contributed by atoms with Gasteiger partial charge in [0.25, 0.3) is 0 Å². The third-order valence-corrected chi connectivity index (χ3v) is 4.56. The molecule has 1 saturated heterocycles. The number of anilines is 1. The lowest BCUT2D eigenvalue weighted by Crippen LogP contribution is -2.50. The van der Waals surface area contributed by atoms with Gasteiger partial charge in [-0.15, -0.1) is 0 Å². The molecular formula is C17H17ClN4O. The molecule has 0 aliphatic carbocycles. The maximum absolute atomic E-state index is 9.39. The second-order valence-corrected chi connectivity index (χ2v) is 6.10. The Morgan fingerprint density at radius 3 is 2.87 bits per heavy atom. The Bertz CT molecular complexity index is 751. The van der Waals surface area contributed by atoms with Crippen LogP contribution in [0.3, 0.4) is 0 Å². The molecular weight excluding hydrogens is 312 g/mol. The molecule has 3 rings (SSSR count). The van der Waals surface area contributed by atoms with E-state index in [1.165, 1.54) is 0 Å². The number of rotatable bonds is 4. The summed E-state index contributed by atoms with van der Waals surface area (Å²) in [4.78, 5) is 10.6. The van der Waals surface area contributed by atoms with E-state index < -0.39 is 0 Å². The normalized spacial score (nSPS) is 14.3. The largest absolute Gasteiger partial charge is 0.492 e. The van der Waals surface area contributed by atoms with E-state index in [0.717, 1.165) is 35.9 Å². The Kier molecular flexibility index (Phi) is 4.35. The average molecular weight is 329 g/mol. The van der Waals surface area contributed by atoms with E-state index in [1.807, 2.05) is 26.0 Å². The van der Waals surface area contributed by atoms with Crippen molar-refractivity contribution in [3.8, 4) is 11.8 Å². The Morgan fingerprint density at radius 2 is 2.22 bits per heavy atom. The van der Waals surface area contributed by atoms with E-state index in [-0.39, 0.29) is 0 Å². The molecule has 0 unspecified atom stereocenters. The molecule has 1 fully saturated rings. The Hall–Kier alpha value is -2.32. The van der Waals surface area contributed by atoms with Crippen molar-refractivity contribution in [1.29, 1.82) is 5.26 Å². The maximum atomic E-state index is 9.39. The van der Waals surface area contributed by atoms with Gasteiger partial charge in [0.15, 0.2) is 0 Å². The highest BCUT2D eigenvalue weighted by Crippen LogP contribution is 2.32. The molecule has 6 heteroatoms. The summed E-state index contributed by atoms with van der Waals surface area (Å²) in [5, 5.41) is 9.97. The minimum absolute atomic E-state index is 0.417. The van der Waals surface area contributed by atoms with Crippen LogP contribution in [0.15, 0.2) is 24.5 Å². The summed E-state index contributed by atoms with van der Waals surface area (Å²) >= 11 is 6.19. The number of hydrogen-bond donors (Lipinski definition) is 0. The highest BCUT2D eigenvalue weighted by molar-refractivity contribution is 6.32. The van der Waals surface area contributed by atoms with Gasteiger partial charge in [-0.2, -0.15) is 5.26 Å². The van der Waals surface area contributed by atoms with Gasteiger partial charge in [0.1, 0.15) is 17.6 Å². The van der Waals surface area contributed by atoms with Crippen molar-refractivity contribution in [3.63, 3.8) is 0 Å². The summed E-state index contributed by atoms with van der Waals surface area (Å²) in [7, 11) is 0. The van der Waals surface area contributed by atoms with Crippen LogP contribution in [-0.4, -0.2) is 29.7 Å². The molecule has 0 saturated carbocycles. The van der Waals surface area contributed by atoms with E-state index in [9.17, 15) is 5.26 Å². The topological polar surface area (TPSA) is 62.0 Å². The van der Waals surface area contributed by atoms with Crippen molar-refractivity contribution in [2.24, 2.45) is 5.92 Å². The predicted octanol–water partition coefficient (Wildman–Crippen LogP) is 3.13. The monoisotopic (exact) mass is 328 g/mol. The van der Waals surface area contributed by atoms with Gasteiger partial charge in [-0.25, -0.2) is 4.98 Å². The molecule has 0 spiro atoms. The van der Waals surface area contributed by atoms with Crippen LogP contribution in [0.2, 0.25) is 5.02 Å². The van der Waals surface area contributed by atoms with Gasteiger partial charge in [0.2, 0.25) is 0 Å². The molecule has 5 nitrogen and oxygen atoms in total. The molecule has 0 bridgehead atoms. The van der Waals surface area contributed by atoms with E-state index in [0.29, 0.717) is 23.1 Å². The number of nitriles is 1. The first kappa shape index (κ1) is 15.6. The molecule has 0 N–H and O–H groups in total. The molecule has 0 amide bonds. The smallest absolute Gasteiger partial charge is 0.147 e. The first-order valence-electron chi connectivity index (χ1n) is 7.44. The van der Waals surface area contributed by atoms with Crippen LogP contribution in [-0.2, 0) is 0 Å². The SMILES string of the molecule is Cc1nc(N2CC(COc3cccnc3)C2)c(C#N)c(C)c1Cl. The van der Waals surface area contributed by atoms with Gasteiger partial charge in [-0.3, -0.25) is 4.98 Å². The van der Waals surface area contributed by atoms with E-state index in [4.69, 9.17) is 16.3 Å². The van der Waals surface area contributed by atoms with Crippen LogP contribution >= 0.6 is 11.6 Å². The molecule has 1 aliphatic rings. The zero-order valence-electron chi connectivity index (χ0n) is 13.1. The maximum Gasteiger partial charge on any atom is 0.147 e. The number of aromatic nitrogens is 2. The Morgan fingerprint density at radius 1 is 1.43 bits per heavy atom. The molecule has 23 heavy (non-hydrogen) atoms. The van der Waals surface area contributed by atoms with Crippen molar-refractivity contribution < 1.29 is 4.74 Å². The Labute approximate surface area is 140 Å². The van der Waals surface area contributed by atoms with Crippen molar-refractivity contribution in [2.75, 3.05) is 24.6 Å². The summed E-state index contributed by atoms with van der Waals surface area (Å²) in [6, 6.07) is 5.97. The fourth-order valence-electron chi connectivity index (χ4n) is 2.67. The number of aryl methyl sites for hydroxylation is 1. The lowest BCUT2D eigenvalue weighted by molar-refractivity contribution is 0.219. The zero-order chi connectivity index (χ0) is 16.4. The number of hydrogen-bond acceptors (Lipinski definition) is 5. The Balaban J connectivity index is 1.65. The second-order valence-electron chi connectivity index (χ2n) is 5.72. The lowest BCUT2D eigenvalue weighted by atomic mass is 9.99. The molecule has 3 heterocycles. The first-order chi connectivity index (χ1) is 11.1. The summed E-state index contributed by atoms with van der Waals surface area (Å²) in [5.41, 5.74) is 2.12. The number of ether oxygens (including phenoxy) is 1. The van der Waals surface area contributed by atoms with Crippen LogP contribution in [0.25, 0.3) is 0 Å². The summed E-state index contributed by atoms with van der Waals surface area (Å²) < 4.78 is 5.72. The average Bonchev–Trinajstić information content (AvgIpc) is 2.52. The third-order valence-electron chi connectivity index (χ3n) is 4.01. The first-order valence-corrected chi connectivity index (χ1v) is 7.82. The van der Waals surface area contributed by atoms with Crippen LogP contribution in [0.4, 0.5) is 5.82 Å². The zero-order valence-corrected chi connectivity index (χ0v) is 13.8. The van der Waals surface area contributed by atoms with Gasteiger partial charge in [0, 0.05) is 25.2 Å². The highest BCUT2D eigenvalue weighted by atomic mass is 35.5. The lowest BCUT2D eigenvalue weighted by Gasteiger charge is -2.40. The van der Waals surface area contributed by atoms with E-state index in [2.05, 4.69) is 20.9 Å². The quantitative estimate of drug-likeness (QED) is 0.862. The molecule has 2 aromatic heterocycles. The second kappa shape index (κ2) is 6.43. The standard InChI is InChI=1S/C17H17ClN4O/c1-11-15(6-19)17(21-12(2)16(11)18)22-8-13(9-22)10-23-14-4-3-5-20-7-14/h3-5,7,13H,8-10H2,1-2H3. The molecule has 1 aliphatic heterocycles. The van der Waals surface area contributed by atoms with Crippen molar-refractivity contribution in [1.82, 2.24) is 9.97 Å². The van der Waals surface area contributed by atoms with Crippen LogP contribution < -0.4 is 9.64 Å². The fraction of sp³-hybridized carbons (Fsp3) is 0.353. The van der Waals surface area contributed by atoms with Crippen molar-refractivity contribution in [2.45, 2.75) is 13.8 Å². The number of nitrogens with zero attached hydrogens (tertiary/aromatic N) is 4. The summed E-state index contributed by atoms with van der Waals surface area (Å²) in [6.45, 7) is 6.01. The predicted molar refractivity (Wildman–Crippen MR) is 88.9 cm³/mol. The van der Waals surface area contributed by atoms with Gasteiger partial charge in [0.05, 0.1) is 29.1 Å². The molecule has 118 valence electrons. The van der Waals surface area contributed by atoms with Gasteiger partial charge in [-0.1, -0.05) is 11.6 Å². The highest BCUT2D eigenvalue weighted by Gasteiger charge is 2.31. The van der Waals surface area contributed by atoms with Crippen molar-refractivity contribution in [3.05, 3.63) is 46.4 Å². The van der Waals surface area contributed by atoms with Crippen LogP contribution in [0.5, 0.6) is 5.75 Å². The minimum atomic E-state index is 0.417. The molecule has 0 aromatic carbocycles. The summed E-state index contributed by atoms with van der Waals surface area (Å²) in [5.74, 6) is 1.92. The van der Waals surface area contributed by atoms with Gasteiger partial charge < -0.3 is 9.64 Å². The number of halogens is 1. The molecule has 0 radical (unpaired) electrons. The number of pyridine rings is 2. The summed E-state index contributed by atoms with van der Waals surface area (Å²) in [6.07, 6.45) is 3.43. The molecule has 2 aromatic rings. The molecule has 0 atom stereocenters. The minimum Gasteiger partial charge on any atom is -0.492 e. The van der Waals surface area contributed by atoms with E-state index in [1.54, 1.807) is 12.4 Å². The van der Waals surface area contributed by atoms with Gasteiger partial charge in [-0.05, 0) is 31.5 Å². The third kappa shape index (κ3) is 3.08. The van der Waals surface area contributed by atoms with Gasteiger partial charge >= 0.3 is 0 Å². The van der Waals surface area contributed by atoms with E-state index >= 15 is 0 Å². The van der Waals surface area contributed by atoms with Crippen LogP contribution in [0, 0.1) is 31.1 Å².